The number of rotatable bonds is 10. The molecule has 7 heteroatoms. The van der Waals surface area contributed by atoms with Crippen LogP contribution in [-0.4, -0.2) is 44.0 Å². The number of pyridine rings is 1. The molecule has 2 rings (SSSR count). The molecule has 1 aromatic heterocycles. The first kappa shape index (κ1) is 20.7. The minimum atomic E-state index is -0.526. The number of benzene rings is 1. The number of aromatic nitrogens is 1. The Hall–Kier alpha value is -2.64. The number of carbonyl (C=O) groups excluding carboxylic acids is 1. The highest BCUT2D eigenvalue weighted by Crippen LogP contribution is 2.29. The molecule has 7 nitrogen and oxygen atoms in total. The van der Waals surface area contributed by atoms with E-state index in [1.54, 1.807) is 30.6 Å². The number of hydrogen-bond donors (Lipinski definition) is 1. The summed E-state index contributed by atoms with van der Waals surface area (Å²) in [7, 11) is 3.05. The first-order chi connectivity index (χ1) is 13.1. The number of nitrogens with one attached hydrogen (secondary N) is 1. The Morgan fingerprint density at radius 3 is 2.56 bits per heavy atom. The number of carbonyl (C=O) groups is 1. The summed E-state index contributed by atoms with van der Waals surface area (Å²) >= 11 is 0. The van der Waals surface area contributed by atoms with Crippen LogP contribution in [0.2, 0.25) is 0 Å². The topological polar surface area (TPSA) is 78.9 Å². The van der Waals surface area contributed by atoms with Gasteiger partial charge in [-0.2, -0.15) is 0 Å². The van der Waals surface area contributed by atoms with Gasteiger partial charge in [0.25, 0.3) is 5.91 Å². The van der Waals surface area contributed by atoms with E-state index in [2.05, 4.69) is 10.3 Å². The molecule has 146 valence electrons. The molecule has 0 bridgehead atoms. The largest absolute Gasteiger partial charge is 0.490 e. The first-order valence-corrected chi connectivity index (χ1v) is 8.74. The molecule has 0 fully saturated rings. The highest BCUT2D eigenvalue weighted by atomic mass is 16.7. The van der Waals surface area contributed by atoms with Crippen molar-refractivity contribution in [1.82, 2.24) is 10.3 Å². The Bertz CT molecular complexity index is 720. The molecule has 1 heterocycles. The quantitative estimate of drug-likeness (QED) is 0.644. The van der Waals surface area contributed by atoms with Gasteiger partial charge in [0.2, 0.25) is 0 Å². The van der Waals surface area contributed by atoms with Crippen molar-refractivity contribution >= 4 is 5.91 Å². The summed E-state index contributed by atoms with van der Waals surface area (Å²) in [6.45, 7) is 4.51. The molecule has 0 saturated carbocycles. The lowest BCUT2D eigenvalue weighted by atomic mass is 10.1. The van der Waals surface area contributed by atoms with Gasteiger partial charge in [-0.05, 0) is 38.1 Å². The monoisotopic (exact) mass is 374 g/mol. The minimum Gasteiger partial charge on any atom is -0.490 e. The second-order valence-electron chi connectivity index (χ2n) is 5.85. The van der Waals surface area contributed by atoms with E-state index < -0.39 is 6.29 Å². The van der Waals surface area contributed by atoms with Crippen molar-refractivity contribution in [2.45, 2.75) is 32.8 Å². The van der Waals surface area contributed by atoms with E-state index in [1.807, 2.05) is 26.0 Å². The van der Waals surface area contributed by atoms with Gasteiger partial charge >= 0.3 is 0 Å². The van der Waals surface area contributed by atoms with Crippen LogP contribution in [0.5, 0.6) is 11.5 Å². The Morgan fingerprint density at radius 2 is 1.93 bits per heavy atom. The molecule has 27 heavy (non-hydrogen) atoms. The van der Waals surface area contributed by atoms with Crippen molar-refractivity contribution in [3.63, 3.8) is 0 Å². The first-order valence-electron chi connectivity index (χ1n) is 8.74. The molecule has 1 amide bonds. The zero-order valence-corrected chi connectivity index (χ0v) is 16.1. The molecule has 1 aromatic carbocycles. The van der Waals surface area contributed by atoms with E-state index in [4.69, 9.17) is 18.9 Å². The van der Waals surface area contributed by atoms with Gasteiger partial charge < -0.3 is 24.3 Å². The Labute approximate surface area is 159 Å². The van der Waals surface area contributed by atoms with E-state index in [1.165, 1.54) is 14.2 Å². The van der Waals surface area contributed by atoms with E-state index in [-0.39, 0.29) is 11.9 Å². The summed E-state index contributed by atoms with van der Waals surface area (Å²) in [5.41, 5.74) is 1.41. The van der Waals surface area contributed by atoms with E-state index in [9.17, 15) is 4.79 Å². The van der Waals surface area contributed by atoms with Crippen LogP contribution in [0.1, 0.15) is 29.8 Å². The number of amides is 1. The third-order valence-corrected chi connectivity index (χ3v) is 3.85. The summed E-state index contributed by atoms with van der Waals surface area (Å²) in [6, 6.07) is 8.55. The van der Waals surface area contributed by atoms with Crippen LogP contribution in [0.3, 0.4) is 0 Å². The van der Waals surface area contributed by atoms with Gasteiger partial charge in [0, 0.05) is 37.7 Å². The third-order valence-electron chi connectivity index (χ3n) is 3.85. The van der Waals surface area contributed by atoms with Crippen molar-refractivity contribution < 1.29 is 23.7 Å². The summed E-state index contributed by atoms with van der Waals surface area (Å²) in [5.74, 6) is 0.829. The Morgan fingerprint density at radius 1 is 1.15 bits per heavy atom. The number of ether oxygens (including phenoxy) is 4. The van der Waals surface area contributed by atoms with E-state index >= 15 is 0 Å². The van der Waals surface area contributed by atoms with Crippen LogP contribution in [0.25, 0.3) is 0 Å². The van der Waals surface area contributed by atoms with Crippen LogP contribution in [0, 0.1) is 0 Å². The van der Waals surface area contributed by atoms with Gasteiger partial charge in [0.1, 0.15) is 6.61 Å². The van der Waals surface area contributed by atoms with Crippen LogP contribution in [0.4, 0.5) is 0 Å². The van der Waals surface area contributed by atoms with Crippen LogP contribution < -0.4 is 14.8 Å². The summed E-state index contributed by atoms with van der Waals surface area (Å²) in [6.07, 6.45) is 2.93. The molecule has 0 aliphatic carbocycles. The highest BCUT2D eigenvalue weighted by molar-refractivity contribution is 5.95. The van der Waals surface area contributed by atoms with Crippen molar-refractivity contribution in [2.24, 2.45) is 0 Å². The molecule has 0 aliphatic heterocycles. The average Bonchev–Trinajstić information content (AvgIpc) is 2.69. The lowest BCUT2D eigenvalue weighted by molar-refractivity contribution is -0.117. The maximum absolute atomic E-state index is 12.5. The van der Waals surface area contributed by atoms with Gasteiger partial charge in [-0.1, -0.05) is 6.07 Å². The summed E-state index contributed by atoms with van der Waals surface area (Å²) < 4.78 is 21.8. The fourth-order valence-electron chi connectivity index (χ4n) is 2.54. The predicted molar refractivity (Wildman–Crippen MR) is 101 cm³/mol. The van der Waals surface area contributed by atoms with E-state index in [0.29, 0.717) is 30.3 Å². The normalized spacial score (nSPS) is 11.9. The molecular formula is C20H26N2O5. The van der Waals surface area contributed by atoms with Crippen molar-refractivity contribution in [2.75, 3.05) is 20.8 Å². The lowest BCUT2D eigenvalue weighted by Gasteiger charge is -2.22. The van der Waals surface area contributed by atoms with Gasteiger partial charge in [-0.15, -0.1) is 0 Å². The molecular weight excluding hydrogens is 348 g/mol. The number of hydrogen-bond acceptors (Lipinski definition) is 6. The summed E-state index contributed by atoms with van der Waals surface area (Å²) in [5, 5.41) is 2.85. The van der Waals surface area contributed by atoms with Gasteiger partial charge in [-0.3, -0.25) is 9.78 Å². The molecule has 0 aliphatic rings. The van der Waals surface area contributed by atoms with Crippen molar-refractivity contribution in [1.29, 1.82) is 0 Å². The summed E-state index contributed by atoms with van der Waals surface area (Å²) in [4.78, 5) is 16.6. The maximum Gasteiger partial charge on any atom is 0.251 e. The zero-order chi connectivity index (χ0) is 19.6. The fraction of sp³-hybridized carbons (Fsp3) is 0.400. The average molecular weight is 374 g/mol. The maximum atomic E-state index is 12.5. The van der Waals surface area contributed by atoms with Crippen molar-refractivity contribution in [3.05, 3.63) is 53.9 Å². The molecule has 0 saturated heterocycles. The van der Waals surface area contributed by atoms with Crippen LogP contribution in [-0.2, 0) is 16.1 Å². The zero-order valence-electron chi connectivity index (χ0n) is 16.1. The molecule has 1 N–H and O–H groups in total. The van der Waals surface area contributed by atoms with Gasteiger partial charge in [-0.25, -0.2) is 0 Å². The van der Waals surface area contributed by atoms with Crippen molar-refractivity contribution in [3.8, 4) is 11.5 Å². The van der Waals surface area contributed by atoms with Gasteiger partial charge in [0.05, 0.1) is 12.6 Å². The van der Waals surface area contributed by atoms with Crippen LogP contribution >= 0.6 is 0 Å². The number of nitrogens with zero attached hydrogens (tertiary/aromatic N) is 1. The van der Waals surface area contributed by atoms with Crippen LogP contribution in [0.15, 0.2) is 42.7 Å². The van der Waals surface area contributed by atoms with E-state index in [0.717, 1.165) is 5.56 Å². The Balaban J connectivity index is 2.10. The second-order valence-corrected chi connectivity index (χ2v) is 5.85. The molecule has 2 aromatic rings. The molecule has 1 atom stereocenters. The fourth-order valence-corrected chi connectivity index (χ4v) is 2.54. The number of methoxy groups -OCH3 is 2. The standard InChI is InChI=1S/C20H26N2O5/c1-5-26-18-11-16(19(23)22-14(2)20(24-3)25-4)8-9-17(18)27-13-15-7-6-10-21-12-15/h6-12,14,20H,5,13H2,1-4H3,(H,22,23)/t14-/m1/s1. The molecule has 0 unspecified atom stereocenters. The van der Waals surface area contributed by atoms with Gasteiger partial charge in [0.15, 0.2) is 17.8 Å². The SMILES string of the molecule is CCOc1cc(C(=O)N[C@H](C)C(OC)OC)ccc1OCc1cccnc1. The predicted octanol–water partition coefficient (Wildman–Crippen LogP) is 2.80. The smallest absolute Gasteiger partial charge is 0.251 e. The minimum absolute atomic E-state index is 0.249. The highest BCUT2D eigenvalue weighted by Gasteiger charge is 2.20. The molecule has 0 spiro atoms. The molecule has 0 radical (unpaired) electrons. The Kier molecular flexibility index (Phi) is 8.03. The second kappa shape index (κ2) is 10.5. The third kappa shape index (κ3) is 5.94. The lowest BCUT2D eigenvalue weighted by Crippen LogP contribution is -2.42.